The fourth-order valence-corrected chi connectivity index (χ4v) is 2.11. The number of hydrazone groups is 1. The van der Waals surface area contributed by atoms with Crippen LogP contribution < -0.4 is 0 Å². The summed E-state index contributed by atoms with van der Waals surface area (Å²) in [6.07, 6.45) is -4.27. The zero-order valence-electron chi connectivity index (χ0n) is 11.7. The lowest BCUT2D eigenvalue weighted by atomic mass is 10.1. The fraction of sp³-hybridized carbons (Fsp3) is 0.583. The van der Waals surface area contributed by atoms with Crippen LogP contribution in [0.5, 0.6) is 0 Å². The van der Waals surface area contributed by atoms with Gasteiger partial charge in [-0.15, -0.1) is 0 Å². The van der Waals surface area contributed by atoms with Crippen molar-refractivity contribution in [2.45, 2.75) is 45.1 Å². The van der Waals surface area contributed by atoms with Crippen LogP contribution >= 0.6 is 0 Å². The van der Waals surface area contributed by atoms with Crippen LogP contribution in [0, 0.1) is 6.92 Å². The first-order valence-corrected chi connectivity index (χ1v) is 6.25. The molecule has 0 saturated carbocycles. The van der Waals surface area contributed by atoms with Crippen LogP contribution in [0.15, 0.2) is 17.4 Å². The maximum Gasteiger partial charge on any atom is 0.438 e. The summed E-state index contributed by atoms with van der Waals surface area (Å²) >= 11 is 0. The number of hydrogen-bond acceptors (Lipinski definition) is 4. The molecule has 0 saturated heterocycles. The Labute approximate surface area is 118 Å². The smallest absolute Gasteiger partial charge is 0.362 e. The van der Waals surface area contributed by atoms with Gasteiger partial charge in [0.25, 0.3) is 11.6 Å². The Balaban J connectivity index is 2.32. The number of hydrogen-bond donors (Lipinski definition) is 1. The third-order valence-electron chi connectivity index (χ3n) is 3.28. The molecule has 2 heterocycles. The van der Waals surface area contributed by atoms with E-state index in [1.165, 1.54) is 24.7 Å². The molecule has 0 unspecified atom stereocenters. The molecule has 2 atom stereocenters. The molecular weight excluding hydrogens is 289 g/mol. The lowest BCUT2D eigenvalue weighted by Gasteiger charge is -2.33. The molecule has 0 radical (unpaired) electrons. The van der Waals surface area contributed by atoms with E-state index in [4.69, 9.17) is 0 Å². The molecule has 0 aromatic carbocycles. The average Bonchev–Trinajstić information content (AvgIpc) is 2.91. The minimum absolute atomic E-state index is 0.0343. The average molecular weight is 304 g/mol. The van der Waals surface area contributed by atoms with Crippen molar-refractivity contribution in [3.8, 4) is 0 Å². The zero-order chi connectivity index (χ0) is 16.0. The van der Waals surface area contributed by atoms with Crippen LogP contribution in [-0.4, -0.2) is 43.4 Å². The van der Waals surface area contributed by atoms with E-state index >= 15 is 0 Å². The van der Waals surface area contributed by atoms with E-state index < -0.39 is 30.3 Å². The molecule has 0 aliphatic carbocycles. The van der Waals surface area contributed by atoms with E-state index in [2.05, 4.69) is 10.2 Å². The van der Waals surface area contributed by atoms with Crippen molar-refractivity contribution in [1.82, 2.24) is 14.8 Å². The van der Waals surface area contributed by atoms with Crippen LogP contribution in [0.1, 0.15) is 32.0 Å². The van der Waals surface area contributed by atoms with Gasteiger partial charge in [-0.25, -0.2) is 0 Å². The molecule has 1 aromatic rings. The van der Waals surface area contributed by atoms with Gasteiger partial charge in [0, 0.05) is 18.3 Å². The molecule has 1 aliphatic rings. The van der Waals surface area contributed by atoms with E-state index in [-0.39, 0.29) is 10.7 Å². The van der Waals surface area contributed by atoms with Crippen LogP contribution in [0.4, 0.5) is 13.2 Å². The molecule has 1 aromatic heterocycles. The molecule has 21 heavy (non-hydrogen) atoms. The molecule has 0 spiro atoms. The molecule has 9 heteroatoms. The minimum Gasteiger partial charge on any atom is -0.362 e. The van der Waals surface area contributed by atoms with Crippen molar-refractivity contribution < 1.29 is 23.1 Å². The van der Waals surface area contributed by atoms with Gasteiger partial charge in [-0.1, -0.05) is 0 Å². The highest BCUT2D eigenvalue weighted by Gasteiger charge is 2.63. The summed E-state index contributed by atoms with van der Waals surface area (Å²) in [6.45, 7) is 4.42. The van der Waals surface area contributed by atoms with Gasteiger partial charge in [0.15, 0.2) is 0 Å². The predicted molar refractivity (Wildman–Crippen MR) is 67.3 cm³/mol. The van der Waals surface area contributed by atoms with Gasteiger partial charge < -0.3 is 5.11 Å². The topological polar surface area (TPSA) is 70.7 Å². The summed E-state index contributed by atoms with van der Waals surface area (Å²) in [5.74, 6) is -0.977. The van der Waals surface area contributed by atoms with Gasteiger partial charge in [-0.2, -0.15) is 28.4 Å². The number of carbonyl (C=O) groups excluding carboxylic acids is 1. The molecule has 116 valence electrons. The number of aliphatic hydroxyl groups is 1. The molecular formula is C12H15F3N4O2. The summed E-state index contributed by atoms with van der Waals surface area (Å²) in [6, 6.07) is 0.611. The first-order valence-electron chi connectivity index (χ1n) is 6.25. The van der Waals surface area contributed by atoms with E-state index in [9.17, 15) is 23.1 Å². The van der Waals surface area contributed by atoms with Crippen LogP contribution in [-0.2, 0) is 4.79 Å². The lowest BCUT2D eigenvalue weighted by Crippen LogP contribution is -2.57. The molecule has 0 fully saturated rings. The van der Waals surface area contributed by atoms with E-state index in [1.54, 1.807) is 13.0 Å². The molecule has 0 bridgehead atoms. The second kappa shape index (κ2) is 4.83. The van der Waals surface area contributed by atoms with Crippen LogP contribution in [0.2, 0.25) is 0 Å². The number of aryl methyl sites for hydroxylation is 1. The molecule has 1 aliphatic heterocycles. The highest BCUT2D eigenvalue weighted by Crippen LogP contribution is 2.41. The van der Waals surface area contributed by atoms with Gasteiger partial charge in [-0.05, 0) is 26.8 Å². The normalized spacial score (nSPS) is 24.1. The Bertz CT molecular complexity index is 596. The van der Waals surface area contributed by atoms with Gasteiger partial charge in [0.05, 0.1) is 5.69 Å². The number of aromatic nitrogens is 2. The zero-order valence-corrected chi connectivity index (χ0v) is 11.7. The van der Waals surface area contributed by atoms with E-state index in [1.807, 2.05) is 0 Å². The number of nitrogens with zero attached hydrogens (tertiary/aromatic N) is 4. The number of halogens is 3. The molecule has 6 nitrogen and oxygen atoms in total. The van der Waals surface area contributed by atoms with Crippen molar-refractivity contribution in [2.24, 2.45) is 5.10 Å². The van der Waals surface area contributed by atoms with E-state index in [0.29, 0.717) is 5.69 Å². The van der Waals surface area contributed by atoms with Crippen LogP contribution in [0.25, 0.3) is 0 Å². The monoisotopic (exact) mass is 304 g/mol. The van der Waals surface area contributed by atoms with Gasteiger partial charge >= 0.3 is 6.18 Å². The fourth-order valence-electron chi connectivity index (χ4n) is 2.11. The lowest BCUT2D eigenvalue weighted by molar-refractivity contribution is -0.303. The van der Waals surface area contributed by atoms with Crippen molar-refractivity contribution in [1.29, 1.82) is 0 Å². The number of amides is 1. The second-order valence-electron chi connectivity index (χ2n) is 5.09. The maximum absolute atomic E-state index is 13.1. The first kappa shape index (κ1) is 15.5. The van der Waals surface area contributed by atoms with Crippen LogP contribution in [0.3, 0.4) is 0 Å². The minimum atomic E-state index is -5.00. The predicted octanol–water partition coefficient (Wildman–Crippen LogP) is 1.61. The summed E-state index contributed by atoms with van der Waals surface area (Å²) < 4.78 is 40.4. The largest absolute Gasteiger partial charge is 0.438 e. The Morgan fingerprint density at radius 2 is 2.10 bits per heavy atom. The summed E-state index contributed by atoms with van der Waals surface area (Å²) in [7, 11) is 0. The third kappa shape index (κ3) is 2.53. The third-order valence-corrected chi connectivity index (χ3v) is 3.28. The first-order chi connectivity index (χ1) is 9.56. The molecule has 1 amide bonds. The Hall–Kier alpha value is -1.90. The quantitative estimate of drug-likeness (QED) is 0.902. The molecule has 1 N–H and O–H groups in total. The summed E-state index contributed by atoms with van der Waals surface area (Å²) in [5, 5.41) is 17.5. The van der Waals surface area contributed by atoms with Gasteiger partial charge in [0.2, 0.25) is 0 Å². The number of carbonyl (C=O) groups is 1. The Morgan fingerprint density at radius 3 is 2.57 bits per heavy atom. The SMILES string of the molecule is CC1=NN(C(=O)[C@H](C)n2ccc(C)n2)[C@](O)(C(F)(F)F)C1. The van der Waals surface area contributed by atoms with Crippen molar-refractivity contribution in [2.75, 3.05) is 0 Å². The summed E-state index contributed by atoms with van der Waals surface area (Å²) in [5.41, 5.74) is -2.64. The van der Waals surface area contributed by atoms with Gasteiger partial charge in [-0.3, -0.25) is 9.48 Å². The highest BCUT2D eigenvalue weighted by molar-refractivity contribution is 5.90. The Kier molecular flexibility index (Phi) is 3.56. The maximum atomic E-state index is 13.1. The van der Waals surface area contributed by atoms with E-state index in [0.717, 1.165) is 0 Å². The molecule has 2 rings (SSSR count). The number of rotatable bonds is 2. The van der Waals surface area contributed by atoms with Crippen molar-refractivity contribution >= 4 is 11.6 Å². The van der Waals surface area contributed by atoms with Gasteiger partial charge in [0.1, 0.15) is 6.04 Å². The highest BCUT2D eigenvalue weighted by atomic mass is 19.4. The Morgan fingerprint density at radius 1 is 1.48 bits per heavy atom. The van der Waals surface area contributed by atoms with Crippen molar-refractivity contribution in [3.05, 3.63) is 18.0 Å². The number of alkyl halides is 3. The standard InChI is InChI=1S/C12H15F3N4O2/c1-7-4-5-18(16-7)9(3)10(20)19-11(21,12(13,14)15)6-8(2)17-19/h4-5,9,21H,6H2,1-3H3/t9-,11+/m0/s1. The second-order valence-corrected chi connectivity index (χ2v) is 5.09. The van der Waals surface area contributed by atoms with Crippen molar-refractivity contribution in [3.63, 3.8) is 0 Å². The summed E-state index contributed by atoms with van der Waals surface area (Å²) in [4.78, 5) is 12.3.